The number of aliphatic hydroxyl groups is 1. The molecule has 2 aromatic carbocycles. The molecule has 0 aliphatic heterocycles. The fourth-order valence-corrected chi connectivity index (χ4v) is 4.02. The molecule has 202 valence electrons. The molecular formula is C30H41NO6. The molecule has 2 N–H and O–H groups in total. The first kappa shape index (κ1) is 28.8. The van der Waals surface area contributed by atoms with Gasteiger partial charge in [0.15, 0.2) is 0 Å². The van der Waals surface area contributed by atoms with Gasteiger partial charge in [-0.1, -0.05) is 60.7 Å². The Morgan fingerprint density at radius 1 is 0.946 bits per heavy atom. The lowest BCUT2D eigenvalue weighted by atomic mass is 10.2. The monoisotopic (exact) mass is 511 g/mol. The Hall–Kier alpha value is -2.74. The van der Waals surface area contributed by atoms with Crippen molar-refractivity contribution < 1.29 is 28.9 Å². The molecule has 5 atom stereocenters. The number of alkyl carbamates (subject to hydrolysis) is 1. The number of carbonyl (C=O) groups excluding carboxylic acids is 2. The molecule has 7 heteroatoms. The molecule has 0 spiro atoms. The lowest BCUT2D eigenvalue weighted by Gasteiger charge is -2.20. The largest absolute Gasteiger partial charge is 0.444 e. The Labute approximate surface area is 220 Å². The fourth-order valence-electron chi connectivity index (χ4n) is 4.02. The third-order valence-electron chi connectivity index (χ3n) is 6.36. The number of benzene rings is 2. The molecule has 0 radical (unpaired) electrons. The van der Waals surface area contributed by atoms with E-state index in [1.807, 2.05) is 81.4 Å². The van der Waals surface area contributed by atoms with E-state index in [-0.39, 0.29) is 18.4 Å². The molecule has 0 heterocycles. The van der Waals surface area contributed by atoms with Gasteiger partial charge in [-0.05, 0) is 62.5 Å². The Bertz CT molecular complexity index is 946. The first-order chi connectivity index (χ1) is 17.7. The van der Waals surface area contributed by atoms with Gasteiger partial charge >= 0.3 is 6.09 Å². The number of ether oxygens (including phenoxy) is 3. The van der Waals surface area contributed by atoms with Crippen molar-refractivity contribution in [3.63, 3.8) is 0 Å². The maximum absolute atomic E-state index is 11.5. The number of nitrogens with one attached hydrogen (secondary N) is 1. The van der Waals surface area contributed by atoms with E-state index in [1.54, 1.807) is 0 Å². The minimum atomic E-state index is -0.548. The van der Waals surface area contributed by atoms with Crippen molar-refractivity contribution in [2.24, 2.45) is 23.7 Å². The predicted octanol–water partition coefficient (Wildman–Crippen LogP) is 4.76. The van der Waals surface area contributed by atoms with E-state index in [0.717, 1.165) is 31.3 Å². The summed E-state index contributed by atoms with van der Waals surface area (Å²) in [5.41, 5.74) is 1.82. The third-order valence-corrected chi connectivity index (χ3v) is 6.36. The quantitative estimate of drug-likeness (QED) is 0.399. The lowest BCUT2D eigenvalue weighted by molar-refractivity contribution is -0.109. The van der Waals surface area contributed by atoms with Crippen LogP contribution in [0.2, 0.25) is 0 Å². The minimum absolute atomic E-state index is 0.195. The zero-order valence-electron chi connectivity index (χ0n) is 22.2. The third kappa shape index (κ3) is 11.5. The number of hydrogen-bond donors (Lipinski definition) is 2. The summed E-state index contributed by atoms with van der Waals surface area (Å²) in [4.78, 5) is 21.9. The highest BCUT2D eigenvalue weighted by molar-refractivity contribution is 5.67. The van der Waals surface area contributed by atoms with Crippen LogP contribution in [0.25, 0.3) is 0 Å². The maximum Gasteiger partial charge on any atom is 0.407 e. The van der Waals surface area contributed by atoms with Crippen molar-refractivity contribution in [1.29, 1.82) is 0 Å². The van der Waals surface area contributed by atoms with Crippen molar-refractivity contribution in [3.8, 4) is 0 Å². The standard InChI is InChI=1S/C18H27NO4.C12H14O2/c1-18(2,3)23-17(21)19-10-16(20)15-9-14(15)12-22-11-13-7-5-4-6-8-13;13-7-11-6-12(11)9-14-8-10-4-2-1-3-5-10/h4-8,14-16,20H,9-12H2,1-3H3,(H,19,21);1-5,7,11-12H,6,8-9H2/t14-,15+,16?;11-,12-/m11/s1. The van der Waals surface area contributed by atoms with Gasteiger partial charge in [-0.3, -0.25) is 0 Å². The van der Waals surface area contributed by atoms with E-state index in [0.29, 0.717) is 31.7 Å². The van der Waals surface area contributed by atoms with Crippen LogP contribution in [-0.2, 0) is 32.2 Å². The summed E-state index contributed by atoms with van der Waals surface area (Å²) in [5, 5.41) is 12.7. The summed E-state index contributed by atoms with van der Waals surface area (Å²) < 4.78 is 16.4. The fraction of sp³-hybridized carbons (Fsp3) is 0.533. The average molecular weight is 512 g/mol. The molecule has 1 amide bonds. The van der Waals surface area contributed by atoms with E-state index in [1.165, 1.54) is 5.56 Å². The van der Waals surface area contributed by atoms with E-state index >= 15 is 0 Å². The molecule has 0 bridgehead atoms. The highest BCUT2D eigenvalue weighted by Crippen LogP contribution is 2.41. The Morgan fingerprint density at radius 3 is 1.97 bits per heavy atom. The summed E-state index contributed by atoms with van der Waals surface area (Å²) in [7, 11) is 0. The van der Waals surface area contributed by atoms with Gasteiger partial charge in [-0.2, -0.15) is 0 Å². The topological polar surface area (TPSA) is 94.1 Å². The number of aliphatic hydroxyl groups excluding tert-OH is 1. The smallest absolute Gasteiger partial charge is 0.407 e. The average Bonchev–Trinajstić information content (AvgIpc) is 3.79. The van der Waals surface area contributed by atoms with Crippen molar-refractivity contribution in [3.05, 3.63) is 71.8 Å². The number of amides is 1. The number of carbonyl (C=O) groups is 2. The molecule has 0 saturated heterocycles. The zero-order valence-corrected chi connectivity index (χ0v) is 22.2. The maximum atomic E-state index is 11.5. The van der Waals surface area contributed by atoms with Crippen LogP contribution in [0.15, 0.2) is 60.7 Å². The predicted molar refractivity (Wildman–Crippen MR) is 142 cm³/mol. The van der Waals surface area contributed by atoms with Crippen LogP contribution in [0.1, 0.15) is 44.7 Å². The number of rotatable bonds is 12. The molecular weight excluding hydrogens is 470 g/mol. The van der Waals surface area contributed by atoms with Gasteiger partial charge in [-0.15, -0.1) is 0 Å². The van der Waals surface area contributed by atoms with Gasteiger partial charge in [0, 0.05) is 12.5 Å². The highest BCUT2D eigenvalue weighted by Gasteiger charge is 2.42. The van der Waals surface area contributed by atoms with E-state index in [2.05, 4.69) is 5.32 Å². The molecule has 2 aromatic rings. The summed E-state index contributed by atoms with van der Waals surface area (Å²) in [6.07, 6.45) is 1.95. The van der Waals surface area contributed by atoms with Crippen LogP contribution >= 0.6 is 0 Å². The first-order valence-corrected chi connectivity index (χ1v) is 13.1. The Balaban J connectivity index is 0.000000231. The van der Waals surface area contributed by atoms with Crippen molar-refractivity contribution >= 4 is 12.4 Å². The lowest BCUT2D eigenvalue weighted by Crippen LogP contribution is -2.37. The van der Waals surface area contributed by atoms with Gasteiger partial charge in [0.1, 0.15) is 11.9 Å². The summed E-state index contributed by atoms with van der Waals surface area (Å²) >= 11 is 0. The molecule has 2 fully saturated rings. The minimum Gasteiger partial charge on any atom is -0.444 e. The van der Waals surface area contributed by atoms with Gasteiger partial charge in [0.25, 0.3) is 0 Å². The van der Waals surface area contributed by atoms with Gasteiger partial charge in [-0.25, -0.2) is 4.79 Å². The normalized spacial score (nSPS) is 22.7. The SMILES string of the molecule is CC(C)(C)OC(=O)NCC(O)[C@H]1C[C@@H]1COCc1ccccc1.O=C[C@H]1C[C@@H]1COCc1ccccc1. The van der Waals surface area contributed by atoms with E-state index in [4.69, 9.17) is 14.2 Å². The summed E-state index contributed by atoms with van der Waals surface area (Å²) in [6.45, 7) is 8.26. The zero-order chi connectivity index (χ0) is 26.7. The van der Waals surface area contributed by atoms with Crippen LogP contribution in [0.5, 0.6) is 0 Å². The molecule has 2 aliphatic rings. The Kier molecular flexibility index (Phi) is 11.1. The Morgan fingerprint density at radius 2 is 1.49 bits per heavy atom. The van der Waals surface area contributed by atoms with Gasteiger partial charge < -0.3 is 29.4 Å². The second-order valence-electron chi connectivity index (χ2n) is 10.9. The van der Waals surface area contributed by atoms with Crippen LogP contribution in [0.4, 0.5) is 4.79 Å². The van der Waals surface area contributed by atoms with Crippen LogP contribution in [0, 0.1) is 23.7 Å². The van der Waals surface area contributed by atoms with Crippen molar-refractivity contribution in [1.82, 2.24) is 5.32 Å². The highest BCUT2D eigenvalue weighted by atomic mass is 16.6. The van der Waals surface area contributed by atoms with E-state index in [9.17, 15) is 14.7 Å². The molecule has 1 unspecified atom stereocenters. The van der Waals surface area contributed by atoms with Gasteiger partial charge in [0.05, 0.1) is 32.5 Å². The van der Waals surface area contributed by atoms with Crippen LogP contribution in [0.3, 0.4) is 0 Å². The van der Waals surface area contributed by atoms with Gasteiger partial charge in [0.2, 0.25) is 0 Å². The molecule has 37 heavy (non-hydrogen) atoms. The number of hydrogen-bond acceptors (Lipinski definition) is 6. The second-order valence-corrected chi connectivity index (χ2v) is 10.9. The molecule has 7 nitrogen and oxygen atoms in total. The van der Waals surface area contributed by atoms with Crippen molar-refractivity contribution in [2.45, 2.75) is 58.5 Å². The number of aldehydes is 1. The molecule has 2 aliphatic carbocycles. The summed E-state index contributed by atoms with van der Waals surface area (Å²) in [6, 6.07) is 20.1. The summed E-state index contributed by atoms with van der Waals surface area (Å²) in [5.74, 6) is 1.32. The first-order valence-electron chi connectivity index (χ1n) is 13.1. The second kappa shape index (κ2) is 14.3. The van der Waals surface area contributed by atoms with Crippen LogP contribution < -0.4 is 5.32 Å². The molecule has 4 rings (SSSR count). The molecule has 0 aromatic heterocycles. The van der Waals surface area contributed by atoms with Crippen LogP contribution in [-0.4, -0.2) is 48.9 Å². The molecule has 2 saturated carbocycles. The van der Waals surface area contributed by atoms with E-state index < -0.39 is 17.8 Å². The van der Waals surface area contributed by atoms with Crippen molar-refractivity contribution in [2.75, 3.05) is 19.8 Å².